The maximum atomic E-state index is 11.3. The van der Waals surface area contributed by atoms with E-state index in [-0.39, 0.29) is 17.4 Å². The van der Waals surface area contributed by atoms with Gasteiger partial charge in [0.2, 0.25) is 0 Å². The van der Waals surface area contributed by atoms with Crippen LogP contribution in [0.2, 0.25) is 0 Å². The summed E-state index contributed by atoms with van der Waals surface area (Å²) in [6.45, 7) is 4.17. The Balaban J connectivity index is 1.99. The summed E-state index contributed by atoms with van der Waals surface area (Å²) in [5, 5.41) is 18.6. The van der Waals surface area contributed by atoms with E-state index in [4.69, 9.17) is 19.0 Å². The van der Waals surface area contributed by atoms with Crippen LogP contribution in [0.3, 0.4) is 0 Å². The summed E-state index contributed by atoms with van der Waals surface area (Å²) in [5.41, 5.74) is 1.90. The number of aromatic hydroxyl groups is 1. The first-order valence-electron chi connectivity index (χ1n) is 8.81. The van der Waals surface area contributed by atoms with E-state index in [2.05, 4.69) is 10.2 Å². The molecule has 0 amide bonds. The van der Waals surface area contributed by atoms with Crippen molar-refractivity contribution in [1.29, 1.82) is 0 Å². The Bertz CT molecular complexity index is 1040. The molecule has 0 aliphatic rings. The van der Waals surface area contributed by atoms with E-state index < -0.39 is 7.82 Å². The molecule has 0 aliphatic heterocycles. The fourth-order valence-corrected chi connectivity index (χ4v) is 3.34. The normalized spacial score (nSPS) is 11.7. The van der Waals surface area contributed by atoms with Crippen LogP contribution in [-0.4, -0.2) is 36.8 Å². The van der Waals surface area contributed by atoms with Gasteiger partial charge in [0.05, 0.1) is 19.2 Å². The summed E-state index contributed by atoms with van der Waals surface area (Å²) in [6, 6.07) is 10.3. The number of phosphoric acid groups is 1. The maximum absolute atomic E-state index is 11.3. The van der Waals surface area contributed by atoms with Crippen LogP contribution in [0, 0.1) is 0 Å². The standard InChI is InChI=1S/C19H22N3O6P/c1-12(2)15-8-16(17(23)9-18(15)28-29(24,25)26)19-21-20-11-22(19)10-13-4-6-14(27-3)7-5-13/h4-9,11-12,23H,10H2,1-3H3,(H2,24,25,26). The van der Waals surface area contributed by atoms with Crippen LogP contribution in [0.1, 0.15) is 30.9 Å². The lowest BCUT2D eigenvalue weighted by atomic mass is 9.98. The second-order valence-corrected chi connectivity index (χ2v) is 7.94. The van der Waals surface area contributed by atoms with E-state index in [1.165, 1.54) is 6.07 Å². The van der Waals surface area contributed by atoms with Gasteiger partial charge in [-0.2, -0.15) is 0 Å². The summed E-state index contributed by atoms with van der Waals surface area (Å²) < 4.78 is 22.9. The molecule has 0 atom stereocenters. The largest absolute Gasteiger partial charge is 0.524 e. The lowest BCUT2D eigenvalue weighted by Gasteiger charge is -2.17. The first kappa shape index (κ1) is 20.9. The second-order valence-electron chi connectivity index (χ2n) is 6.77. The first-order chi connectivity index (χ1) is 13.7. The summed E-state index contributed by atoms with van der Waals surface area (Å²) in [7, 11) is -3.17. The number of rotatable bonds is 7. The quantitative estimate of drug-likeness (QED) is 0.498. The average Bonchev–Trinajstić information content (AvgIpc) is 3.08. The van der Waals surface area contributed by atoms with Crippen molar-refractivity contribution in [2.75, 3.05) is 7.11 Å². The summed E-state index contributed by atoms with van der Waals surface area (Å²) in [6.07, 6.45) is 1.55. The lowest BCUT2D eigenvalue weighted by molar-refractivity contribution is 0.281. The van der Waals surface area contributed by atoms with E-state index in [1.807, 2.05) is 38.1 Å². The summed E-state index contributed by atoms with van der Waals surface area (Å²) in [5.74, 6) is 0.757. The smallest absolute Gasteiger partial charge is 0.507 e. The van der Waals surface area contributed by atoms with Gasteiger partial charge in [0, 0.05) is 6.07 Å². The predicted molar refractivity (Wildman–Crippen MR) is 106 cm³/mol. The molecule has 1 aromatic heterocycles. The number of phenols is 1. The number of aromatic nitrogens is 3. The highest BCUT2D eigenvalue weighted by Gasteiger charge is 2.23. The van der Waals surface area contributed by atoms with Crippen LogP contribution in [0.15, 0.2) is 42.7 Å². The molecule has 0 bridgehead atoms. The maximum Gasteiger partial charge on any atom is 0.524 e. The Morgan fingerprint density at radius 1 is 1.17 bits per heavy atom. The number of phosphoric ester groups is 1. The molecule has 1 heterocycles. The van der Waals surface area contributed by atoms with Gasteiger partial charge in [-0.1, -0.05) is 26.0 Å². The van der Waals surface area contributed by atoms with E-state index in [0.717, 1.165) is 11.3 Å². The number of hydrogen-bond donors (Lipinski definition) is 3. The van der Waals surface area contributed by atoms with Crippen LogP contribution >= 0.6 is 7.82 Å². The predicted octanol–water partition coefficient (Wildman–Crippen LogP) is 3.30. The van der Waals surface area contributed by atoms with E-state index >= 15 is 0 Å². The van der Waals surface area contributed by atoms with Crippen molar-refractivity contribution >= 4 is 7.82 Å². The van der Waals surface area contributed by atoms with Gasteiger partial charge in [-0.25, -0.2) is 4.57 Å². The Hall–Kier alpha value is -2.87. The number of ether oxygens (including phenoxy) is 1. The van der Waals surface area contributed by atoms with Gasteiger partial charge in [-0.15, -0.1) is 10.2 Å². The van der Waals surface area contributed by atoms with Crippen molar-refractivity contribution < 1.29 is 28.7 Å². The molecule has 3 rings (SSSR count). The molecule has 0 saturated heterocycles. The van der Waals surface area contributed by atoms with E-state index in [1.54, 1.807) is 24.1 Å². The van der Waals surface area contributed by atoms with Gasteiger partial charge in [0.25, 0.3) is 0 Å². The topological polar surface area (TPSA) is 127 Å². The molecule has 0 radical (unpaired) electrons. The summed E-state index contributed by atoms with van der Waals surface area (Å²) >= 11 is 0. The van der Waals surface area contributed by atoms with Gasteiger partial charge in [0.15, 0.2) is 5.82 Å². The van der Waals surface area contributed by atoms with Crippen molar-refractivity contribution in [3.63, 3.8) is 0 Å². The molecular formula is C19H22N3O6P. The van der Waals surface area contributed by atoms with E-state index in [0.29, 0.717) is 23.5 Å². The molecule has 9 nitrogen and oxygen atoms in total. The SMILES string of the molecule is COc1ccc(Cn2cnnc2-c2cc(C(C)C)c(OP(=O)(O)O)cc2O)cc1. The molecule has 3 aromatic rings. The number of nitrogens with zero attached hydrogens (tertiary/aromatic N) is 3. The first-order valence-corrected chi connectivity index (χ1v) is 10.3. The number of phenolic OH excluding ortho intramolecular Hbond substituents is 1. The van der Waals surface area contributed by atoms with Gasteiger partial charge in [-0.05, 0) is 35.2 Å². The van der Waals surface area contributed by atoms with Crippen molar-refractivity contribution in [2.45, 2.75) is 26.3 Å². The minimum atomic E-state index is -4.77. The third-order valence-electron chi connectivity index (χ3n) is 4.34. The fraction of sp³-hybridized carbons (Fsp3) is 0.263. The molecule has 0 fully saturated rings. The van der Waals surface area contributed by atoms with Crippen LogP contribution in [-0.2, 0) is 11.1 Å². The van der Waals surface area contributed by atoms with Crippen LogP contribution < -0.4 is 9.26 Å². The molecule has 0 spiro atoms. The Morgan fingerprint density at radius 3 is 2.45 bits per heavy atom. The van der Waals surface area contributed by atoms with Crippen LogP contribution in [0.25, 0.3) is 11.4 Å². The van der Waals surface area contributed by atoms with E-state index in [9.17, 15) is 9.67 Å². The molecular weight excluding hydrogens is 397 g/mol. The highest BCUT2D eigenvalue weighted by molar-refractivity contribution is 7.46. The molecule has 154 valence electrons. The van der Waals surface area contributed by atoms with Crippen molar-refractivity contribution in [1.82, 2.24) is 14.8 Å². The molecule has 0 saturated carbocycles. The molecule has 2 aromatic carbocycles. The zero-order valence-electron chi connectivity index (χ0n) is 16.2. The van der Waals surface area contributed by atoms with Gasteiger partial charge < -0.3 is 18.9 Å². The van der Waals surface area contributed by atoms with Crippen molar-refractivity contribution in [2.24, 2.45) is 0 Å². The molecule has 29 heavy (non-hydrogen) atoms. The van der Waals surface area contributed by atoms with Gasteiger partial charge >= 0.3 is 7.82 Å². The zero-order chi connectivity index (χ0) is 21.2. The molecule has 10 heteroatoms. The molecule has 0 aliphatic carbocycles. The second kappa shape index (κ2) is 8.24. The van der Waals surface area contributed by atoms with Crippen molar-refractivity contribution in [3.05, 3.63) is 53.9 Å². The van der Waals surface area contributed by atoms with Crippen molar-refractivity contribution in [3.8, 4) is 28.6 Å². The minimum absolute atomic E-state index is 0.0733. The monoisotopic (exact) mass is 419 g/mol. The fourth-order valence-electron chi connectivity index (χ4n) is 2.93. The van der Waals surface area contributed by atoms with Gasteiger partial charge in [-0.3, -0.25) is 9.79 Å². The summed E-state index contributed by atoms with van der Waals surface area (Å²) in [4.78, 5) is 18.3. The molecule has 0 unspecified atom stereocenters. The Morgan fingerprint density at radius 2 is 1.86 bits per heavy atom. The third-order valence-corrected chi connectivity index (χ3v) is 4.77. The highest BCUT2D eigenvalue weighted by atomic mass is 31.2. The number of hydrogen-bond acceptors (Lipinski definition) is 6. The number of benzene rings is 2. The lowest BCUT2D eigenvalue weighted by Crippen LogP contribution is -2.03. The van der Waals surface area contributed by atoms with Crippen LogP contribution in [0.5, 0.6) is 17.2 Å². The highest BCUT2D eigenvalue weighted by Crippen LogP contribution is 2.44. The zero-order valence-corrected chi connectivity index (χ0v) is 17.1. The average molecular weight is 419 g/mol. The van der Waals surface area contributed by atoms with Gasteiger partial charge in [0.1, 0.15) is 23.6 Å². The minimum Gasteiger partial charge on any atom is -0.507 e. The molecule has 3 N–H and O–H groups in total. The van der Waals surface area contributed by atoms with Crippen LogP contribution in [0.4, 0.5) is 0 Å². The number of methoxy groups -OCH3 is 1. The third kappa shape index (κ3) is 4.95. The Labute approximate surface area is 167 Å². The Kier molecular flexibility index (Phi) is 5.93.